The van der Waals surface area contributed by atoms with Gasteiger partial charge in [0.1, 0.15) is 18.1 Å². The van der Waals surface area contributed by atoms with E-state index in [4.69, 9.17) is 5.73 Å². The topological polar surface area (TPSA) is 216 Å². The van der Waals surface area contributed by atoms with Crippen molar-refractivity contribution in [2.45, 2.75) is 88.7 Å². The molecule has 0 saturated carbocycles. The zero-order chi connectivity index (χ0) is 41.7. The van der Waals surface area contributed by atoms with Gasteiger partial charge in [-0.3, -0.25) is 38.8 Å². The quantitative estimate of drug-likeness (QED) is 0.0965. The number of nitrogens with zero attached hydrogens (tertiary/aromatic N) is 3. The SMILES string of the molecule is CC(C)N1CC[C@H]2CC[C@@H](C(=O)N[C@@H](CCC(N)=O)C(=O)NC(c3ccccc3)c3ccccc3)N2C(=O)[C@@H](NCc2cc3cc(C(=O)P(=O)(O)O)ccc3n2C)C1. The third-order valence-electron chi connectivity index (χ3n) is 11.3. The van der Waals surface area contributed by atoms with Crippen LogP contribution in [0.25, 0.3) is 10.9 Å². The average Bonchev–Trinajstić information content (AvgIpc) is 3.76. The molecule has 0 spiro atoms. The van der Waals surface area contributed by atoms with Gasteiger partial charge in [-0.1, -0.05) is 60.7 Å². The van der Waals surface area contributed by atoms with Crippen LogP contribution < -0.4 is 21.7 Å². The normalized spacial score (nSPS) is 19.5. The molecule has 1 aromatic heterocycles. The average molecular weight is 814 g/mol. The number of carbonyl (C=O) groups is 5. The zero-order valence-electron chi connectivity index (χ0n) is 32.9. The van der Waals surface area contributed by atoms with Crippen molar-refractivity contribution < 1.29 is 38.3 Å². The van der Waals surface area contributed by atoms with E-state index in [0.717, 1.165) is 22.3 Å². The summed E-state index contributed by atoms with van der Waals surface area (Å²) in [4.78, 5) is 89.9. The van der Waals surface area contributed by atoms with Crippen molar-refractivity contribution in [2.24, 2.45) is 12.8 Å². The van der Waals surface area contributed by atoms with E-state index >= 15 is 0 Å². The molecule has 7 N–H and O–H groups in total. The number of nitrogens with one attached hydrogen (secondary N) is 3. The van der Waals surface area contributed by atoms with Gasteiger partial charge in [-0.25, -0.2) is 0 Å². The maximum absolute atomic E-state index is 14.6. The van der Waals surface area contributed by atoms with Crippen LogP contribution in [0.2, 0.25) is 0 Å². The second kappa shape index (κ2) is 18.2. The Bertz CT molecular complexity index is 2150. The molecule has 3 aromatic carbocycles. The molecule has 4 atom stereocenters. The fourth-order valence-corrected chi connectivity index (χ4v) is 8.57. The number of primary amides is 1. The van der Waals surface area contributed by atoms with E-state index in [9.17, 15) is 38.3 Å². The Morgan fingerprint density at radius 1 is 0.897 bits per heavy atom. The highest BCUT2D eigenvalue weighted by Crippen LogP contribution is 2.39. The Hall–Kier alpha value is -5.18. The van der Waals surface area contributed by atoms with Gasteiger partial charge in [0.25, 0.3) is 5.52 Å². The Morgan fingerprint density at radius 2 is 1.55 bits per heavy atom. The summed E-state index contributed by atoms with van der Waals surface area (Å²) in [6.45, 7) is 5.47. The van der Waals surface area contributed by atoms with E-state index in [1.807, 2.05) is 72.3 Å². The number of rotatable bonds is 15. The highest BCUT2D eigenvalue weighted by atomic mass is 31.2. The molecule has 3 heterocycles. The number of aromatic nitrogens is 1. The van der Waals surface area contributed by atoms with E-state index < -0.39 is 55.0 Å². The number of benzene rings is 3. The van der Waals surface area contributed by atoms with Gasteiger partial charge >= 0.3 is 7.60 Å². The number of nitrogens with two attached hydrogens (primary N) is 1. The maximum atomic E-state index is 14.6. The predicted octanol–water partition coefficient (Wildman–Crippen LogP) is 3.08. The molecule has 0 bridgehead atoms. The molecule has 16 heteroatoms. The highest BCUT2D eigenvalue weighted by molar-refractivity contribution is 7.70. The van der Waals surface area contributed by atoms with Gasteiger partial charge in [0, 0.05) is 67.3 Å². The monoisotopic (exact) mass is 813 g/mol. The summed E-state index contributed by atoms with van der Waals surface area (Å²) in [5.41, 5.74) is 7.33. The molecule has 308 valence electrons. The minimum Gasteiger partial charge on any atom is -0.370 e. The molecule has 4 amide bonds. The van der Waals surface area contributed by atoms with Gasteiger partial charge in [0.05, 0.1) is 6.04 Å². The molecular formula is C42H52N7O8P. The van der Waals surface area contributed by atoms with E-state index in [1.165, 1.54) is 12.1 Å². The van der Waals surface area contributed by atoms with Gasteiger partial charge < -0.3 is 35.6 Å². The lowest BCUT2D eigenvalue weighted by Crippen LogP contribution is -2.61. The van der Waals surface area contributed by atoms with Crippen LogP contribution in [0.5, 0.6) is 0 Å². The number of hydrogen-bond acceptors (Lipinski definition) is 8. The number of amides is 4. The van der Waals surface area contributed by atoms with Crippen LogP contribution in [0.3, 0.4) is 0 Å². The van der Waals surface area contributed by atoms with Crippen LogP contribution >= 0.6 is 7.60 Å². The fourth-order valence-electron chi connectivity index (χ4n) is 8.10. The molecular weight excluding hydrogens is 761 g/mol. The van der Waals surface area contributed by atoms with Crippen molar-refractivity contribution in [3.05, 3.63) is 107 Å². The molecule has 2 saturated heterocycles. The molecule has 58 heavy (non-hydrogen) atoms. The minimum atomic E-state index is -4.96. The summed E-state index contributed by atoms with van der Waals surface area (Å²) in [6.07, 6.45) is 1.50. The molecule has 2 aliphatic heterocycles. The first-order valence-electron chi connectivity index (χ1n) is 19.6. The first kappa shape index (κ1) is 42.4. The molecule has 0 unspecified atom stereocenters. The predicted molar refractivity (Wildman–Crippen MR) is 218 cm³/mol. The fraction of sp³-hybridized carbons (Fsp3) is 0.405. The van der Waals surface area contributed by atoms with Gasteiger partial charge in [-0.05, 0) is 74.9 Å². The summed E-state index contributed by atoms with van der Waals surface area (Å²) >= 11 is 0. The largest absolute Gasteiger partial charge is 0.396 e. The number of hydrogen-bond donors (Lipinski definition) is 6. The molecule has 0 radical (unpaired) electrons. The summed E-state index contributed by atoms with van der Waals surface area (Å²) < 4.78 is 13.5. The van der Waals surface area contributed by atoms with Gasteiger partial charge in [0.2, 0.25) is 23.6 Å². The van der Waals surface area contributed by atoms with Crippen molar-refractivity contribution >= 4 is 47.7 Å². The molecule has 6 rings (SSSR count). The summed E-state index contributed by atoms with van der Waals surface area (Å²) in [5.74, 6) is -1.82. The molecule has 0 aliphatic carbocycles. The maximum Gasteiger partial charge on any atom is 0.396 e. The third-order valence-corrected chi connectivity index (χ3v) is 12.1. The molecule has 2 fully saturated rings. The summed E-state index contributed by atoms with van der Waals surface area (Å²) in [5, 5.41) is 10.0. The lowest BCUT2D eigenvalue weighted by Gasteiger charge is -2.40. The molecule has 2 aliphatic rings. The van der Waals surface area contributed by atoms with Crippen LogP contribution in [0.4, 0.5) is 0 Å². The van der Waals surface area contributed by atoms with Crippen LogP contribution in [0.1, 0.15) is 79.2 Å². The van der Waals surface area contributed by atoms with Crippen LogP contribution in [0.15, 0.2) is 84.9 Å². The minimum absolute atomic E-state index is 0.0270. The lowest BCUT2D eigenvalue weighted by molar-refractivity contribution is -0.144. The Kier molecular flexibility index (Phi) is 13.3. The summed E-state index contributed by atoms with van der Waals surface area (Å²) in [7, 11) is -3.14. The second-order valence-corrected chi connectivity index (χ2v) is 16.9. The highest BCUT2D eigenvalue weighted by Gasteiger charge is 2.45. The van der Waals surface area contributed by atoms with E-state index in [1.54, 1.807) is 17.0 Å². The van der Waals surface area contributed by atoms with Crippen LogP contribution in [0, 0.1) is 0 Å². The smallest absolute Gasteiger partial charge is 0.370 e. The Balaban J connectivity index is 1.22. The van der Waals surface area contributed by atoms with Gasteiger partial charge in [-0.15, -0.1) is 0 Å². The molecule has 4 aromatic rings. The van der Waals surface area contributed by atoms with Crippen LogP contribution in [-0.2, 0) is 37.3 Å². The van der Waals surface area contributed by atoms with Crippen molar-refractivity contribution in [3.63, 3.8) is 0 Å². The molecule has 15 nitrogen and oxygen atoms in total. The zero-order valence-corrected chi connectivity index (χ0v) is 33.8. The number of fused-ring (bicyclic) bond motifs is 2. The standard InChI is InChI=1S/C42H52N7O8P/c1-26(2)48-21-20-31-15-18-36(40(52)45-33(16-19-37(43)50)39(51)46-38(27-10-6-4-7-11-27)28-12-8-5-9-13-28)49(31)41(53)34(25-48)44-24-32-23-30-22-29(42(54)58(55,56)57)14-17-35(30)47(32)3/h4-14,17,22-23,26,31,33-34,36,38,44H,15-16,18-21,24-25H2,1-3H3,(H2,43,50)(H,45,52)(H,46,51)(H2,55,56,57)/t31-,33+,34+,36+/m1/s1. The Morgan fingerprint density at radius 3 is 2.16 bits per heavy atom. The van der Waals surface area contributed by atoms with Crippen LogP contribution in [-0.4, -0.2) is 96.6 Å². The lowest BCUT2D eigenvalue weighted by atomic mass is 9.98. The van der Waals surface area contributed by atoms with E-state index in [-0.39, 0.29) is 42.9 Å². The number of aryl methyl sites for hydroxylation is 1. The third kappa shape index (κ3) is 9.74. The Labute approximate surface area is 337 Å². The van der Waals surface area contributed by atoms with Gasteiger partial charge in [0.15, 0.2) is 0 Å². The van der Waals surface area contributed by atoms with E-state index in [0.29, 0.717) is 37.7 Å². The second-order valence-electron chi connectivity index (χ2n) is 15.4. The van der Waals surface area contributed by atoms with Crippen molar-refractivity contribution in [3.8, 4) is 0 Å². The van der Waals surface area contributed by atoms with E-state index in [2.05, 4.69) is 34.7 Å². The summed E-state index contributed by atoms with van der Waals surface area (Å²) in [6, 6.07) is 21.9. The van der Waals surface area contributed by atoms with Gasteiger partial charge in [-0.2, -0.15) is 0 Å². The number of carbonyl (C=O) groups excluding carboxylic acids is 5. The van der Waals surface area contributed by atoms with Crippen molar-refractivity contribution in [1.82, 2.24) is 30.3 Å². The van der Waals surface area contributed by atoms with Crippen molar-refractivity contribution in [1.29, 1.82) is 0 Å². The first-order valence-corrected chi connectivity index (χ1v) is 21.2. The van der Waals surface area contributed by atoms with Crippen molar-refractivity contribution in [2.75, 3.05) is 13.1 Å². The first-order chi connectivity index (χ1) is 27.6.